The molecule has 0 aliphatic carbocycles. The topological polar surface area (TPSA) is 95.0 Å². The number of rotatable bonds is 5. The van der Waals surface area contributed by atoms with Crippen LogP contribution in [0.2, 0.25) is 0 Å². The molecule has 0 aromatic carbocycles. The minimum atomic E-state index is -3.40. The monoisotopic (exact) mass is 292 g/mol. The number of hydrogen-bond donors (Lipinski definition) is 1. The third-order valence-electron chi connectivity index (χ3n) is 3.48. The average molecular weight is 292 g/mol. The molecule has 0 spiro atoms. The largest absolute Gasteiger partial charge is 0.481 e. The molecular weight excluding hydrogens is 272 g/mol. The fourth-order valence-corrected chi connectivity index (χ4v) is 2.85. The Bertz CT molecular complexity index is 462. The first-order valence-electron chi connectivity index (χ1n) is 6.13. The van der Waals surface area contributed by atoms with Crippen molar-refractivity contribution in [1.82, 2.24) is 9.21 Å². The first-order valence-corrected chi connectivity index (χ1v) is 7.74. The predicted molar refractivity (Wildman–Crippen MR) is 69.0 cm³/mol. The SMILES string of the molecule is CCS(=O)(=O)N(C)CC(=O)N1C[C@@H](C)[C@H](C(=O)O)C1. The van der Waals surface area contributed by atoms with E-state index in [-0.39, 0.29) is 30.7 Å². The van der Waals surface area contributed by atoms with E-state index in [9.17, 15) is 18.0 Å². The van der Waals surface area contributed by atoms with E-state index in [4.69, 9.17) is 5.11 Å². The normalized spacial score (nSPS) is 23.9. The van der Waals surface area contributed by atoms with E-state index in [1.165, 1.54) is 18.9 Å². The van der Waals surface area contributed by atoms with Crippen molar-refractivity contribution in [3.05, 3.63) is 0 Å². The summed E-state index contributed by atoms with van der Waals surface area (Å²) in [6, 6.07) is 0. The van der Waals surface area contributed by atoms with Crippen LogP contribution in [-0.4, -0.2) is 67.0 Å². The average Bonchev–Trinajstić information content (AvgIpc) is 2.71. The van der Waals surface area contributed by atoms with E-state index in [0.29, 0.717) is 6.54 Å². The molecule has 1 N–H and O–H groups in total. The lowest BCUT2D eigenvalue weighted by Gasteiger charge is -2.20. The molecule has 0 radical (unpaired) electrons. The molecule has 0 aromatic heterocycles. The number of likely N-dealkylation sites (N-methyl/N-ethyl adjacent to an activating group) is 1. The number of likely N-dealkylation sites (tertiary alicyclic amines) is 1. The second-order valence-corrected chi connectivity index (χ2v) is 7.24. The summed E-state index contributed by atoms with van der Waals surface area (Å²) in [7, 11) is -2.04. The van der Waals surface area contributed by atoms with Gasteiger partial charge in [0.2, 0.25) is 15.9 Å². The maximum absolute atomic E-state index is 12.0. The molecule has 1 fully saturated rings. The zero-order valence-corrected chi connectivity index (χ0v) is 12.2. The van der Waals surface area contributed by atoms with E-state index in [0.717, 1.165) is 4.31 Å². The number of aliphatic carboxylic acids is 1. The first kappa shape index (κ1) is 15.9. The summed E-state index contributed by atoms with van der Waals surface area (Å²) in [6.45, 7) is 3.55. The molecule has 8 heteroatoms. The number of nitrogens with zero attached hydrogens (tertiary/aromatic N) is 2. The Balaban J connectivity index is 2.64. The van der Waals surface area contributed by atoms with E-state index >= 15 is 0 Å². The molecule has 1 heterocycles. The standard InChI is InChI=1S/C11H20N2O5S/c1-4-19(17,18)12(3)7-10(14)13-5-8(2)9(6-13)11(15)16/h8-9H,4-7H2,1-3H3,(H,15,16)/t8-,9-/m1/s1. The zero-order valence-electron chi connectivity index (χ0n) is 11.4. The van der Waals surface area contributed by atoms with Crippen molar-refractivity contribution in [3.63, 3.8) is 0 Å². The smallest absolute Gasteiger partial charge is 0.308 e. The van der Waals surface area contributed by atoms with Gasteiger partial charge in [-0.25, -0.2) is 8.42 Å². The van der Waals surface area contributed by atoms with E-state index in [1.807, 2.05) is 0 Å². The van der Waals surface area contributed by atoms with Crippen LogP contribution in [0.15, 0.2) is 0 Å². The van der Waals surface area contributed by atoms with Crippen molar-refractivity contribution in [1.29, 1.82) is 0 Å². The van der Waals surface area contributed by atoms with E-state index in [2.05, 4.69) is 0 Å². The predicted octanol–water partition coefficient (Wildman–Crippen LogP) is -0.553. The van der Waals surface area contributed by atoms with Gasteiger partial charge < -0.3 is 10.0 Å². The van der Waals surface area contributed by atoms with Crippen LogP contribution in [0.5, 0.6) is 0 Å². The van der Waals surface area contributed by atoms with Crippen LogP contribution in [0.25, 0.3) is 0 Å². The van der Waals surface area contributed by atoms with Gasteiger partial charge in [-0.2, -0.15) is 4.31 Å². The highest BCUT2D eigenvalue weighted by atomic mass is 32.2. The summed E-state index contributed by atoms with van der Waals surface area (Å²) in [4.78, 5) is 24.3. The van der Waals surface area contributed by atoms with Gasteiger partial charge in [-0.15, -0.1) is 0 Å². The van der Waals surface area contributed by atoms with Gasteiger partial charge in [0.05, 0.1) is 18.2 Å². The molecule has 1 aliphatic heterocycles. The number of carbonyl (C=O) groups excluding carboxylic acids is 1. The summed E-state index contributed by atoms with van der Waals surface area (Å²) in [5.41, 5.74) is 0. The molecule has 0 unspecified atom stereocenters. The fourth-order valence-electron chi connectivity index (χ4n) is 2.10. The van der Waals surface area contributed by atoms with Crippen LogP contribution in [0.3, 0.4) is 0 Å². The van der Waals surface area contributed by atoms with Crippen molar-refractivity contribution in [3.8, 4) is 0 Å². The van der Waals surface area contributed by atoms with Gasteiger partial charge in [-0.3, -0.25) is 9.59 Å². The lowest BCUT2D eigenvalue weighted by Crippen LogP contribution is -2.41. The number of sulfonamides is 1. The molecule has 0 saturated carbocycles. The number of hydrogen-bond acceptors (Lipinski definition) is 4. The Morgan fingerprint density at radius 1 is 1.37 bits per heavy atom. The fraction of sp³-hybridized carbons (Fsp3) is 0.818. The molecule has 0 bridgehead atoms. The number of carbonyl (C=O) groups is 2. The highest BCUT2D eigenvalue weighted by molar-refractivity contribution is 7.89. The lowest BCUT2D eigenvalue weighted by atomic mass is 9.99. The molecule has 2 atom stereocenters. The summed E-state index contributed by atoms with van der Waals surface area (Å²) in [5.74, 6) is -2.02. The second kappa shape index (κ2) is 5.87. The minimum Gasteiger partial charge on any atom is -0.481 e. The summed E-state index contributed by atoms with van der Waals surface area (Å²) < 4.78 is 24.1. The summed E-state index contributed by atoms with van der Waals surface area (Å²) in [5, 5.41) is 8.99. The van der Waals surface area contributed by atoms with Crippen LogP contribution in [0.4, 0.5) is 0 Å². The van der Waals surface area contributed by atoms with Crippen molar-refractivity contribution in [2.75, 3.05) is 32.4 Å². The van der Waals surface area contributed by atoms with E-state index < -0.39 is 21.9 Å². The van der Waals surface area contributed by atoms with Gasteiger partial charge in [-0.05, 0) is 12.8 Å². The molecule has 1 amide bonds. The molecule has 19 heavy (non-hydrogen) atoms. The van der Waals surface area contributed by atoms with Gasteiger partial charge in [0, 0.05) is 20.1 Å². The maximum atomic E-state index is 12.0. The third kappa shape index (κ3) is 3.66. The zero-order chi connectivity index (χ0) is 14.8. The van der Waals surface area contributed by atoms with Crippen molar-refractivity contribution in [2.24, 2.45) is 11.8 Å². The summed E-state index contributed by atoms with van der Waals surface area (Å²) >= 11 is 0. The lowest BCUT2D eigenvalue weighted by molar-refractivity contribution is -0.142. The van der Waals surface area contributed by atoms with Crippen LogP contribution in [0.1, 0.15) is 13.8 Å². The Labute approximate surface area is 113 Å². The molecule has 7 nitrogen and oxygen atoms in total. The number of carboxylic acids is 1. The Morgan fingerprint density at radius 2 is 1.95 bits per heavy atom. The van der Waals surface area contributed by atoms with Crippen LogP contribution in [0, 0.1) is 11.8 Å². The highest BCUT2D eigenvalue weighted by Gasteiger charge is 2.37. The first-order chi connectivity index (χ1) is 8.69. The van der Waals surface area contributed by atoms with E-state index in [1.54, 1.807) is 6.92 Å². The number of carboxylic acid groups (broad SMARTS) is 1. The van der Waals surface area contributed by atoms with Gasteiger partial charge in [-0.1, -0.05) is 6.92 Å². The van der Waals surface area contributed by atoms with Gasteiger partial charge in [0.25, 0.3) is 0 Å². The molecule has 1 saturated heterocycles. The van der Waals surface area contributed by atoms with Crippen LogP contribution in [-0.2, 0) is 19.6 Å². The molecule has 1 aliphatic rings. The second-order valence-electron chi connectivity index (χ2n) is 4.88. The van der Waals surface area contributed by atoms with Gasteiger partial charge in [0.1, 0.15) is 0 Å². The molecule has 1 rings (SSSR count). The third-order valence-corrected chi connectivity index (χ3v) is 5.29. The van der Waals surface area contributed by atoms with Crippen molar-refractivity contribution in [2.45, 2.75) is 13.8 Å². The molecule has 0 aromatic rings. The molecule has 110 valence electrons. The Hall–Kier alpha value is -1.15. The van der Waals surface area contributed by atoms with Crippen LogP contribution < -0.4 is 0 Å². The highest BCUT2D eigenvalue weighted by Crippen LogP contribution is 2.23. The summed E-state index contributed by atoms with van der Waals surface area (Å²) in [6.07, 6.45) is 0. The number of amides is 1. The van der Waals surface area contributed by atoms with Gasteiger partial charge >= 0.3 is 5.97 Å². The van der Waals surface area contributed by atoms with Crippen molar-refractivity contribution < 1.29 is 23.1 Å². The van der Waals surface area contributed by atoms with Crippen LogP contribution >= 0.6 is 0 Å². The van der Waals surface area contributed by atoms with Crippen molar-refractivity contribution >= 4 is 21.9 Å². The Kier molecular flexibility index (Phi) is 4.92. The minimum absolute atomic E-state index is 0.0645. The maximum Gasteiger partial charge on any atom is 0.308 e. The quantitative estimate of drug-likeness (QED) is 0.733. The molecular formula is C11H20N2O5S. The van der Waals surface area contributed by atoms with Gasteiger partial charge in [0.15, 0.2) is 0 Å². The Morgan fingerprint density at radius 3 is 2.37 bits per heavy atom.